The average molecular weight is 304 g/mol. The third kappa shape index (κ3) is 3.62. The Balaban J connectivity index is 2.09. The minimum Gasteiger partial charge on any atom is -0.383 e. The lowest BCUT2D eigenvalue weighted by Gasteiger charge is -2.14. The van der Waals surface area contributed by atoms with Gasteiger partial charge in [-0.15, -0.1) is 0 Å². The number of rotatable bonds is 6. The second kappa shape index (κ2) is 6.87. The molecule has 6 nitrogen and oxygen atoms in total. The van der Waals surface area contributed by atoms with Crippen molar-refractivity contribution in [2.24, 2.45) is 0 Å². The first-order chi connectivity index (χ1) is 10.4. The highest BCUT2D eigenvalue weighted by Gasteiger charge is 2.13. The molecule has 1 atom stereocenters. The van der Waals surface area contributed by atoms with Gasteiger partial charge in [0.2, 0.25) is 5.91 Å². The first kappa shape index (κ1) is 16.4. The van der Waals surface area contributed by atoms with Gasteiger partial charge in [0, 0.05) is 37.0 Å². The van der Waals surface area contributed by atoms with Gasteiger partial charge in [-0.05, 0) is 39.7 Å². The number of carbonyl (C=O) groups is 1. The van der Waals surface area contributed by atoms with Crippen LogP contribution < -0.4 is 5.32 Å². The van der Waals surface area contributed by atoms with Gasteiger partial charge in [-0.3, -0.25) is 4.79 Å². The van der Waals surface area contributed by atoms with Gasteiger partial charge in [0.1, 0.15) is 0 Å². The molecule has 0 spiro atoms. The van der Waals surface area contributed by atoms with Gasteiger partial charge in [0.05, 0.1) is 12.3 Å². The molecule has 1 amide bonds. The van der Waals surface area contributed by atoms with E-state index in [1.54, 1.807) is 7.11 Å². The lowest BCUT2D eigenvalue weighted by molar-refractivity contribution is -0.122. The quantitative estimate of drug-likeness (QED) is 0.882. The summed E-state index contributed by atoms with van der Waals surface area (Å²) in [5.74, 6) is 0.0279. The van der Waals surface area contributed by atoms with E-state index in [0.29, 0.717) is 19.4 Å². The molecular weight excluding hydrogens is 280 g/mol. The van der Waals surface area contributed by atoms with Crippen LogP contribution in [-0.4, -0.2) is 40.3 Å². The monoisotopic (exact) mass is 304 g/mol. The third-order valence-corrected chi connectivity index (χ3v) is 3.71. The van der Waals surface area contributed by atoms with Gasteiger partial charge < -0.3 is 10.1 Å². The van der Waals surface area contributed by atoms with E-state index in [0.717, 1.165) is 28.3 Å². The second-order valence-corrected chi connectivity index (χ2v) is 5.74. The summed E-state index contributed by atoms with van der Waals surface area (Å²) in [5, 5.41) is 7.38. The summed E-state index contributed by atoms with van der Waals surface area (Å²) < 4.78 is 6.87. The zero-order chi connectivity index (χ0) is 16.3. The predicted molar refractivity (Wildman–Crippen MR) is 85.0 cm³/mol. The molecule has 6 heteroatoms. The van der Waals surface area contributed by atoms with E-state index in [1.165, 1.54) is 0 Å². The summed E-state index contributed by atoms with van der Waals surface area (Å²) in [4.78, 5) is 16.6. The Morgan fingerprint density at radius 2 is 2.14 bits per heavy atom. The molecule has 0 aliphatic carbocycles. The molecule has 0 saturated carbocycles. The van der Waals surface area contributed by atoms with E-state index >= 15 is 0 Å². The Hall–Kier alpha value is -1.95. The topological polar surface area (TPSA) is 68.5 Å². The molecule has 22 heavy (non-hydrogen) atoms. The Morgan fingerprint density at radius 1 is 1.41 bits per heavy atom. The molecule has 0 aromatic carbocycles. The van der Waals surface area contributed by atoms with E-state index in [9.17, 15) is 4.79 Å². The van der Waals surface area contributed by atoms with Crippen molar-refractivity contribution in [3.63, 3.8) is 0 Å². The maximum atomic E-state index is 12.0. The van der Waals surface area contributed by atoms with E-state index in [-0.39, 0.29) is 11.9 Å². The number of nitrogens with zero attached hydrogens (tertiary/aromatic N) is 3. The van der Waals surface area contributed by atoms with Crippen LogP contribution in [0.15, 0.2) is 6.07 Å². The Labute approximate surface area is 130 Å². The van der Waals surface area contributed by atoms with Crippen LogP contribution in [0.25, 0.3) is 5.65 Å². The highest BCUT2D eigenvalue weighted by Crippen LogP contribution is 2.16. The normalized spacial score (nSPS) is 12.6. The Kier molecular flexibility index (Phi) is 5.13. The van der Waals surface area contributed by atoms with Gasteiger partial charge in [0.15, 0.2) is 5.65 Å². The lowest BCUT2D eigenvalue weighted by Crippen LogP contribution is -2.35. The van der Waals surface area contributed by atoms with Crippen molar-refractivity contribution in [2.45, 2.75) is 46.6 Å². The molecule has 0 radical (unpaired) electrons. The van der Waals surface area contributed by atoms with Crippen LogP contribution >= 0.6 is 0 Å². The zero-order valence-electron chi connectivity index (χ0n) is 13.9. The lowest BCUT2D eigenvalue weighted by atomic mass is 10.1. The fraction of sp³-hybridized carbons (Fsp3) is 0.562. The van der Waals surface area contributed by atoms with Gasteiger partial charge >= 0.3 is 0 Å². The van der Waals surface area contributed by atoms with Crippen LogP contribution in [0, 0.1) is 20.8 Å². The van der Waals surface area contributed by atoms with Crippen LogP contribution in [0.5, 0.6) is 0 Å². The maximum Gasteiger partial charge on any atom is 0.220 e. The molecule has 0 unspecified atom stereocenters. The van der Waals surface area contributed by atoms with Crippen LogP contribution in [0.1, 0.15) is 36.0 Å². The fourth-order valence-corrected chi connectivity index (χ4v) is 2.68. The molecular formula is C16H24N4O2. The summed E-state index contributed by atoms with van der Waals surface area (Å²) in [6.45, 7) is 8.40. The van der Waals surface area contributed by atoms with Crippen molar-refractivity contribution >= 4 is 11.6 Å². The Morgan fingerprint density at radius 3 is 2.82 bits per heavy atom. The van der Waals surface area contributed by atoms with Crippen LogP contribution in [0.4, 0.5) is 0 Å². The molecule has 2 heterocycles. The van der Waals surface area contributed by atoms with Crippen molar-refractivity contribution < 1.29 is 9.53 Å². The number of hydrogen-bond acceptors (Lipinski definition) is 4. The van der Waals surface area contributed by atoms with Crippen molar-refractivity contribution in [2.75, 3.05) is 13.7 Å². The minimum atomic E-state index is 0.0223. The molecule has 2 rings (SSSR count). The summed E-state index contributed by atoms with van der Waals surface area (Å²) >= 11 is 0. The number of aryl methyl sites for hydroxylation is 3. The van der Waals surface area contributed by atoms with Gasteiger partial charge in [-0.2, -0.15) is 5.10 Å². The first-order valence-corrected chi connectivity index (χ1v) is 7.53. The van der Waals surface area contributed by atoms with E-state index in [2.05, 4.69) is 15.4 Å². The average Bonchev–Trinajstić information content (AvgIpc) is 2.79. The molecule has 1 N–H and O–H groups in total. The van der Waals surface area contributed by atoms with Gasteiger partial charge in [-0.1, -0.05) is 0 Å². The summed E-state index contributed by atoms with van der Waals surface area (Å²) in [6, 6.07) is 1.98. The molecule has 0 saturated heterocycles. The highest BCUT2D eigenvalue weighted by atomic mass is 16.5. The highest BCUT2D eigenvalue weighted by molar-refractivity contribution is 5.76. The maximum absolute atomic E-state index is 12.0. The number of ether oxygens (including phenoxy) is 1. The van der Waals surface area contributed by atoms with Crippen molar-refractivity contribution in [1.82, 2.24) is 19.9 Å². The predicted octanol–water partition coefficient (Wildman–Crippen LogP) is 1.74. The number of carbonyl (C=O) groups excluding carboxylic acids is 1. The summed E-state index contributed by atoms with van der Waals surface area (Å²) in [5.41, 5.74) is 4.90. The molecule has 2 aromatic heterocycles. The largest absolute Gasteiger partial charge is 0.383 e. The number of nitrogens with one attached hydrogen (secondary N) is 1. The van der Waals surface area contributed by atoms with Gasteiger partial charge in [-0.25, -0.2) is 9.50 Å². The number of methoxy groups -OCH3 is 1. The molecule has 120 valence electrons. The van der Waals surface area contributed by atoms with Crippen molar-refractivity contribution in [3.8, 4) is 0 Å². The van der Waals surface area contributed by atoms with Crippen molar-refractivity contribution in [1.29, 1.82) is 0 Å². The molecule has 2 aromatic rings. The second-order valence-electron chi connectivity index (χ2n) is 5.74. The number of amides is 1. The summed E-state index contributed by atoms with van der Waals surface area (Å²) in [6.07, 6.45) is 1.09. The van der Waals surface area contributed by atoms with Crippen molar-refractivity contribution in [3.05, 3.63) is 28.7 Å². The fourth-order valence-electron chi connectivity index (χ4n) is 2.68. The van der Waals surface area contributed by atoms with Crippen LogP contribution in [0.2, 0.25) is 0 Å². The Bertz CT molecular complexity index is 678. The minimum absolute atomic E-state index is 0.0223. The zero-order valence-corrected chi connectivity index (χ0v) is 13.9. The molecule has 0 aliphatic heterocycles. The molecule has 0 bridgehead atoms. The van der Waals surface area contributed by atoms with E-state index < -0.39 is 0 Å². The number of aromatic nitrogens is 3. The standard InChI is InChI=1S/C16H24N4O2/c1-10-8-15-18-12(3)14(13(4)20(15)19-10)6-7-16(21)17-11(2)9-22-5/h8,11H,6-7,9H2,1-5H3,(H,17,21)/t11-/m0/s1. The number of fused-ring (bicyclic) bond motifs is 1. The first-order valence-electron chi connectivity index (χ1n) is 7.53. The smallest absolute Gasteiger partial charge is 0.220 e. The van der Waals surface area contributed by atoms with Crippen LogP contribution in [0.3, 0.4) is 0 Å². The third-order valence-electron chi connectivity index (χ3n) is 3.71. The summed E-state index contributed by atoms with van der Waals surface area (Å²) in [7, 11) is 1.63. The van der Waals surface area contributed by atoms with Gasteiger partial charge in [0.25, 0.3) is 0 Å². The SMILES string of the molecule is COC[C@H](C)NC(=O)CCc1c(C)nc2cc(C)nn2c1C. The molecule has 0 fully saturated rings. The van der Waals surface area contributed by atoms with E-state index in [4.69, 9.17) is 4.74 Å². The van der Waals surface area contributed by atoms with Crippen LogP contribution in [-0.2, 0) is 16.0 Å². The number of hydrogen-bond donors (Lipinski definition) is 1. The molecule has 0 aliphatic rings. The van der Waals surface area contributed by atoms with E-state index in [1.807, 2.05) is 38.3 Å².